The van der Waals surface area contributed by atoms with E-state index in [1.54, 1.807) is 24.3 Å². The smallest absolute Gasteiger partial charge is 0.338 e. The minimum absolute atomic E-state index is 0.144. The van der Waals surface area contributed by atoms with Crippen molar-refractivity contribution >= 4 is 21.8 Å². The Balaban J connectivity index is 1.35. The Morgan fingerprint density at radius 1 is 0.935 bits per heavy atom. The zero-order valence-corrected chi connectivity index (χ0v) is 17.2. The number of tetrazole rings is 1. The summed E-state index contributed by atoms with van der Waals surface area (Å²) >= 11 is 0. The molecule has 0 atom stereocenters. The van der Waals surface area contributed by atoms with Gasteiger partial charge in [0.2, 0.25) is 10.0 Å². The summed E-state index contributed by atoms with van der Waals surface area (Å²) < 4.78 is 33.1. The number of ketones is 1. The second-order valence-electron chi connectivity index (χ2n) is 6.94. The number of carbonyl (C=O) groups is 2. The lowest BCUT2D eigenvalue weighted by atomic mass is 10.1. The van der Waals surface area contributed by atoms with Crippen molar-refractivity contribution < 1.29 is 22.7 Å². The van der Waals surface area contributed by atoms with Gasteiger partial charge in [-0.15, -0.1) is 5.10 Å². The number of benzene rings is 2. The summed E-state index contributed by atoms with van der Waals surface area (Å²) in [5.41, 5.74) is 1.21. The number of rotatable bonds is 7. The summed E-state index contributed by atoms with van der Waals surface area (Å²) in [6.07, 6.45) is 3.12. The van der Waals surface area contributed by atoms with Crippen molar-refractivity contribution in [3.8, 4) is 5.69 Å². The van der Waals surface area contributed by atoms with Crippen molar-refractivity contribution in [1.82, 2.24) is 24.5 Å². The van der Waals surface area contributed by atoms with Crippen LogP contribution in [0.4, 0.5) is 0 Å². The van der Waals surface area contributed by atoms with Crippen LogP contribution in [0.25, 0.3) is 5.69 Å². The van der Waals surface area contributed by atoms with E-state index in [0.717, 1.165) is 12.8 Å². The van der Waals surface area contributed by atoms with Gasteiger partial charge < -0.3 is 4.74 Å². The third-order valence-electron chi connectivity index (χ3n) is 4.93. The van der Waals surface area contributed by atoms with Crippen molar-refractivity contribution in [2.24, 2.45) is 0 Å². The lowest BCUT2D eigenvalue weighted by Gasteiger charge is -2.15. The molecule has 3 aromatic rings. The molecule has 0 radical (unpaired) electrons. The van der Waals surface area contributed by atoms with Crippen LogP contribution in [0.5, 0.6) is 0 Å². The lowest BCUT2D eigenvalue weighted by molar-refractivity contribution is 0.0475. The number of nitrogens with zero attached hydrogens (tertiary/aromatic N) is 5. The van der Waals surface area contributed by atoms with E-state index in [2.05, 4.69) is 15.5 Å². The van der Waals surface area contributed by atoms with Crippen LogP contribution in [0.1, 0.15) is 33.6 Å². The molecule has 1 fully saturated rings. The third kappa shape index (κ3) is 4.52. The Labute approximate surface area is 178 Å². The summed E-state index contributed by atoms with van der Waals surface area (Å²) in [7, 11) is -3.54. The fourth-order valence-electron chi connectivity index (χ4n) is 3.22. The molecule has 0 spiro atoms. The van der Waals surface area contributed by atoms with Crippen LogP contribution in [0.3, 0.4) is 0 Å². The van der Waals surface area contributed by atoms with Crippen molar-refractivity contribution in [2.45, 2.75) is 17.7 Å². The van der Waals surface area contributed by atoms with E-state index in [4.69, 9.17) is 4.74 Å². The molecule has 1 saturated heterocycles. The van der Waals surface area contributed by atoms with E-state index in [1.807, 2.05) is 0 Å². The first-order chi connectivity index (χ1) is 14.9. The van der Waals surface area contributed by atoms with Crippen molar-refractivity contribution in [2.75, 3.05) is 19.7 Å². The predicted octanol–water partition coefficient (Wildman–Crippen LogP) is 1.49. The van der Waals surface area contributed by atoms with Gasteiger partial charge in [0.25, 0.3) is 0 Å². The average molecular weight is 441 g/mol. The van der Waals surface area contributed by atoms with Crippen molar-refractivity contribution in [3.05, 3.63) is 66.0 Å². The van der Waals surface area contributed by atoms with Gasteiger partial charge >= 0.3 is 5.97 Å². The molecule has 1 aliphatic rings. The van der Waals surface area contributed by atoms with E-state index in [-0.39, 0.29) is 16.0 Å². The molecular weight excluding hydrogens is 422 g/mol. The van der Waals surface area contributed by atoms with Crippen LogP contribution in [0, 0.1) is 0 Å². The molecule has 160 valence electrons. The van der Waals surface area contributed by atoms with Gasteiger partial charge in [0.1, 0.15) is 6.33 Å². The minimum atomic E-state index is -3.54. The molecule has 1 aliphatic heterocycles. The maximum absolute atomic E-state index is 12.5. The highest BCUT2D eigenvalue weighted by molar-refractivity contribution is 7.89. The van der Waals surface area contributed by atoms with E-state index in [0.29, 0.717) is 18.8 Å². The number of sulfonamides is 1. The SMILES string of the molecule is O=C(COC(=O)c1ccc(-n2cnnn2)cc1)c1ccc(S(=O)(=O)N2CCCC2)cc1. The van der Waals surface area contributed by atoms with Gasteiger partial charge in [-0.1, -0.05) is 0 Å². The number of Topliss-reactive ketones (excluding diaryl/α,β-unsaturated/α-hetero) is 1. The quantitative estimate of drug-likeness (QED) is 0.399. The molecule has 2 aromatic carbocycles. The molecule has 11 heteroatoms. The first-order valence-corrected chi connectivity index (χ1v) is 11.0. The largest absolute Gasteiger partial charge is 0.454 e. The summed E-state index contributed by atoms with van der Waals surface area (Å²) in [6.45, 7) is 0.567. The third-order valence-corrected chi connectivity index (χ3v) is 6.84. The van der Waals surface area contributed by atoms with Crippen molar-refractivity contribution in [3.63, 3.8) is 0 Å². The molecule has 1 aromatic heterocycles. The lowest BCUT2D eigenvalue weighted by Crippen LogP contribution is -2.27. The Kier molecular flexibility index (Phi) is 5.87. The van der Waals surface area contributed by atoms with Gasteiger partial charge in [-0.25, -0.2) is 17.9 Å². The number of hydrogen-bond acceptors (Lipinski definition) is 8. The summed E-state index contributed by atoms with van der Waals surface area (Å²) in [4.78, 5) is 24.7. The predicted molar refractivity (Wildman–Crippen MR) is 108 cm³/mol. The topological polar surface area (TPSA) is 124 Å². The normalized spacial score (nSPS) is 14.5. The maximum atomic E-state index is 12.5. The van der Waals surface area contributed by atoms with Crippen LogP contribution in [0.2, 0.25) is 0 Å². The molecule has 4 rings (SSSR count). The number of carbonyl (C=O) groups excluding carboxylic acids is 2. The average Bonchev–Trinajstić information content (AvgIpc) is 3.52. The van der Waals surface area contributed by atoms with Crippen LogP contribution in [0.15, 0.2) is 59.8 Å². The molecule has 0 unspecified atom stereocenters. The van der Waals surface area contributed by atoms with Crippen LogP contribution < -0.4 is 0 Å². The summed E-state index contributed by atoms with van der Waals surface area (Å²) in [6, 6.07) is 12.0. The van der Waals surface area contributed by atoms with Crippen molar-refractivity contribution in [1.29, 1.82) is 0 Å². The van der Waals surface area contributed by atoms with Gasteiger partial charge in [-0.2, -0.15) is 4.31 Å². The van der Waals surface area contributed by atoms with Gasteiger partial charge in [0, 0.05) is 18.7 Å². The zero-order chi connectivity index (χ0) is 21.8. The van der Waals surface area contributed by atoms with Gasteiger partial charge in [0.05, 0.1) is 16.1 Å². The van der Waals surface area contributed by atoms with Gasteiger partial charge in [-0.05, 0) is 71.8 Å². The zero-order valence-electron chi connectivity index (χ0n) is 16.4. The number of aromatic nitrogens is 4. The van der Waals surface area contributed by atoms with Crippen LogP contribution >= 0.6 is 0 Å². The Hall–Kier alpha value is -3.44. The van der Waals surface area contributed by atoms with E-state index < -0.39 is 28.4 Å². The Morgan fingerprint density at radius 2 is 1.58 bits per heavy atom. The molecular formula is C20H19N5O5S. The molecule has 0 amide bonds. The van der Waals surface area contributed by atoms with Crippen LogP contribution in [-0.2, 0) is 14.8 Å². The van der Waals surface area contributed by atoms with E-state index in [1.165, 1.54) is 39.6 Å². The fraction of sp³-hybridized carbons (Fsp3) is 0.250. The maximum Gasteiger partial charge on any atom is 0.338 e. The molecule has 10 nitrogen and oxygen atoms in total. The standard InChI is InChI=1S/C20H19N5O5S/c26-19(15-5-9-18(10-6-15)31(28,29)24-11-1-2-12-24)13-30-20(27)16-3-7-17(8-4-16)25-14-21-22-23-25/h3-10,14H,1-2,11-13H2. The van der Waals surface area contributed by atoms with Crippen LogP contribution in [-0.4, -0.2) is 64.4 Å². The minimum Gasteiger partial charge on any atom is -0.454 e. The first kappa shape index (κ1) is 20.8. The first-order valence-electron chi connectivity index (χ1n) is 9.59. The van der Waals surface area contributed by atoms with E-state index >= 15 is 0 Å². The number of hydrogen-bond donors (Lipinski definition) is 0. The highest BCUT2D eigenvalue weighted by Crippen LogP contribution is 2.21. The number of esters is 1. The summed E-state index contributed by atoms with van der Waals surface area (Å²) in [5, 5.41) is 10.8. The molecule has 0 bridgehead atoms. The fourth-order valence-corrected chi connectivity index (χ4v) is 4.74. The van der Waals surface area contributed by atoms with E-state index in [9.17, 15) is 18.0 Å². The number of ether oxygens (including phenoxy) is 1. The Morgan fingerprint density at radius 3 is 2.19 bits per heavy atom. The Bertz CT molecular complexity index is 1170. The molecule has 0 aliphatic carbocycles. The second kappa shape index (κ2) is 8.74. The van der Waals surface area contributed by atoms with Gasteiger partial charge in [-0.3, -0.25) is 4.79 Å². The highest BCUT2D eigenvalue weighted by Gasteiger charge is 2.27. The highest BCUT2D eigenvalue weighted by atomic mass is 32.2. The monoisotopic (exact) mass is 441 g/mol. The summed E-state index contributed by atoms with van der Waals surface area (Å²) in [5.74, 6) is -1.08. The molecule has 2 heterocycles. The van der Waals surface area contributed by atoms with Gasteiger partial charge in [0.15, 0.2) is 12.4 Å². The molecule has 0 N–H and O–H groups in total. The molecule has 31 heavy (non-hydrogen) atoms. The second-order valence-corrected chi connectivity index (χ2v) is 8.87. The molecule has 0 saturated carbocycles.